The number of piperazine rings is 1. The number of ether oxygens (including phenoxy) is 2. The maximum Gasteiger partial charge on any atom is 0.407 e. The first-order chi connectivity index (χ1) is 16.4. The second-order valence-corrected chi connectivity index (χ2v) is 8.55. The number of carbonyl (C=O) groups is 3. The van der Waals surface area contributed by atoms with Gasteiger partial charge < -0.3 is 24.8 Å². The molecule has 0 radical (unpaired) electrons. The number of hydrogen-bond acceptors (Lipinski definition) is 6. The highest BCUT2D eigenvalue weighted by molar-refractivity contribution is 5.83. The maximum atomic E-state index is 12.9. The van der Waals surface area contributed by atoms with E-state index in [1.54, 1.807) is 11.9 Å². The molecular formula is C25H29N3O6. The number of alkyl carbamates (subject to hydrolysis) is 1. The largest absolute Gasteiger partial charge is 0.480 e. The van der Waals surface area contributed by atoms with Gasteiger partial charge in [0.1, 0.15) is 12.6 Å². The lowest BCUT2D eigenvalue weighted by atomic mass is 9.98. The highest BCUT2D eigenvalue weighted by Gasteiger charge is 2.35. The molecule has 0 bridgehead atoms. The number of nitrogens with one attached hydrogen (secondary N) is 1. The Morgan fingerprint density at radius 1 is 1.06 bits per heavy atom. The summed E-state index contributed by atoms with van der Waals surface area (Å²) in [6.45, 7) is 0.999. The summed E-state index contributed by atoms with van der Waals surface area (Å²) in [4.78, 5) is 39.9. The van der Waals surface area contributed by atoms with Crippen molar-refractivity contribution in [1.82, 2.24) is 15.1 Å². The number of carboxylic acid groups (broad SMARTS) is 1. The molecule has 2 atom stereocenters. The predicted octanol–water partition coefficient (Wildman–Crippen LogP) is 1.77. The Balaban J connectivity index is 1.32. The zero-order valence-electron chi connectivity index (χ0n) is 19.3. The summed E-state index contributed by atoms with van der Waals surface area (Å²) in [7, 11) is 3.10. The Morgan fingerprint density at radius 2 is 1.68 bits per heavy atom. The fourth-order valence-electron chi connectivity index (χ4n) is 4.64. The normalized spacial score (nSPS) is 18.6. The van der Waals surface area contributed by atoms with Crippen LogP contribution < -0.4 is 5.32 Å². The van der Waals surface area contributed by atoms with E-state index in [4.69, 9.17) is 9.47 Å². The van der Waals surface area contributed by atoms with E-state index in [1.807, 2.05) is 36.4 Å². The molecule has 1 aliphatic carbocycles. The summed E-state index contributed by atoms with van der Waals surface area (Å²) in [6.07, 6.45) is -1.57. The second kappa shape index (κ2) is 10.2. The smallest absolute Gasteiger partial charge is 0.407 e. The molecule has 1 heterocycles. The molecule has 9 heteroatoms. The number of carbonyl (C=O) groups excluding carboxylic acids is 2. The van der Waals surface area contributed by atoms with Crippen LogP contribution in [0.4, 0.5) is 4.79 Å². The number of carboxylic acids is 1. The second-order valence-electron chi connectivity index (χ2n) is 8.55. The summed E-state index contributed by atoms with van der Waals surface area (Å²) >= 11 is 0. The molecule has 0 aromatic heterocycles. The number of hydrogen-bond donors (Lipinski definition) is 2. The van der Waals surface area contributed by atoms with Gasteiger partial charge in [-0.1, -0.05) is 48.5 Å². The minimum Gasteiger partial charge on any atom is -0.480 e. The Hall–Kier alpha value is -3.43. The quantitative estimate of drug-likeness (QED) is 0.639. The molecule has 1 aliphatic heterocycles. The minimum atomic E-state index is -0.981. The first kappa shape index (κ1) is 23.7. The number of rotatable bonds is 7. The summed E-state index contributed by atoms with van der Waals surface area (Å²) < 4.78 is 10.8. The SMILES string of the molecule is COC(CNC(=O)OCC1c2ccccc2-c2ccccc21)C(=O)N1CCN(C)C(C(=O)O)C1. The van der Waals surface area contributed by atoms with E-state index in [2.05, 4.69) is 17.4 Å². The van der Waals surface area contributed by atoms with Crippen molar-refractivity contribution in [1.29, 1.82) is 0 Å². The number of methoxy groups -OCH3 is 1. The molecule has 0 spiro atoms. The average molecular weight is 468 g/mol. The van der Waals surface area contributed by atoms with Crippen molar-refractivity contribution < 1.29 is 29.0 Å². The fourth-order valence-corrected chi connectivity index (χ4v) is 4.64. The fraction of sp³-hybridized carbons (Fsp3) is 0.400. The Bertz CT molecular complexity index is 1030. The number of fused-ring (bicyclic) bond motifs is 3. The first-order valence-corrected chi connectivity index (χ1v) is 11.2. The molecule has 2 aromatic rings. The summed E-state index contributed by atoms with van der Waals surface area (Å²) in [5.41, 5.74) is 4.52. The van der Waals surface area contributed by atoms with E-state index in [-0.39, 0.29) is 31.5 Å². The first-order valence-electron chi connectivity index (χ1n) is 11.2. The standard InChI is InChI=1S/C25H29N3O6/c1-27-11-12-28(14-21(27)24(30)31)23(29)22(33-2)13-26-25(32)34-15-20-18-9-5-3-7-16(18)17-8-4-6-10-19(17)20/h3-10,20-22H,11-15H2,1-2H3,(H,26,32)(H,30,31). The number of benzene rings is 2. The third kappa shape index (κ3) is 4.76. The lowest BCUT2D eigenvalue weighted by Crippen LogP contribution is -2.58. The van der Waals surface area contributed by atoms with Gasteiger partial charge in [0.2, 0.25) is 0 Å². The van der Waals surface area contributed by atoms with Gasteiger partial charge in [-0.05, 0) is 29.3 Å². The van der Waals surface area contributed by atoms with Crippen molar-refractivity contribution in [3.8, 4) is 11.1 Å². The van der Waals surface area contributed by atoms with E-state index in [1.165, 1.54) is 12.0 Å². The van der Waals surface area contributed by atoms with Gasteiger partial charge in [-0.3, -0.25) is 14.5 Å². The van der Waals surface area contributed by atoms with Crippen LogP contribution in [0.15, 0.2) is 48.5 Å². The Morgan fingerprint density at radius 3 is 2.26 bits per heavy atom. The van der Waals surface area contributed by atoms with Gasteiger partial charge in [-0.2, -0.15) is 0 Å². The van der Waals surface area contributed by atoms with Crippen LogP contribution in [0.1, 0.15) is 17.0 Å². The van der Waals surface area contributed by atoms with Crippen molar-refractivity contribution in [2.75, 3.05) is 46.9 Å². The zero-order chi connectivity index (χ0) is 24.2. The van der Waals surface area contributed by atoms with Crippen molar-refractivity contribution in [2.45, 2.75) is 18.1 Å². The van der Waals surface area contributed by atoms with E-state index in [0.717, 1.165) is 22.3 Å². The molecule has 2 amide bonds. The minimum absolute atomic E-state index is 0.0590. The molecule has 1 saturated heterocycles. The lowest BCUT2D eigenvalue weighted by molar-refractivity contribution is -0.151. The molecule has 9 nitrogen and oxygen atoms in total. The van der Waals surface area contributed by atoms with Gasteiger partial charge in [-0.15, -0.1) is 0 Å². The molecule has 0 saturated carbocycles. The molecule has 2 aromatic carbocycles. The van der Waals surface area contributed by atoms with Crippen LogP contribution in [-0.2, 0) is 19.1 Å². The van der Waals surface area contributed by atoms with E-state index in [9.17, 15) is 19.5 Å². The van der Waals surface area contributed by atoms with Gasteiger partial charge in [-0.25, -0.2) is 4.79 Å². The number of likely N-dealkylation sites (N-methyl/N-ethyl adjacent to an activating group) is 1. The van der Waals surface area contributed by atoms with Crippen LogP contribution >= 0.6 is 0 Å². The highest BCUT2D eigenvalue weighted by atomic mass is 16.5. The molecule has 4 rings (SSSR count). The molecular weight excluding hydrogens is 438 g/mol. The van der Waals surface area contributed by atoms with Crippen LogP contribution in [0.2, 0.25) is 0 Å². The number of amides is 2. The summed E-state index contributed by atoms with van der Waals surface area (Å²) in [6, 6.07) is 15.4. The van der Waals surface area contributed by atoms with Gasteiger partial charge in [0.05, 0.1) is 6.54 Å². The van der Waals surface area contributed by atoms with Gasteiger partial charge >= 0.3 is 12.1 Å². The molecule has 34 heavy (non-hydrogen) atoms. The van der Waals surface area contributed by atoms with Crippen LogP contribution in [0.3, 0.4) is 0 Å². The highest BCUT2D eigenvalue weighted by Crippen LogP contribution is 2.44. The lowest BCUT2D eigenvalue weighted by Gasteiger charge is -2.38. The van der Waals surface area contributed by atoms with Crippen LogP contribution in [0.25, 0.3) is 11.1 Å². The third-order valence-corrected chi connectivity index (χ3v) is 6.58. The average Bonchev–Trinajstić information content (AvgIpc) is 3.16. The van der Waals surface area contributed by atoms with Crippen molar-refractivity contribution >= 4 is 18.0 Å². The number of nitrogens with zero attached hydrogens (tertiary/aromatic N) is 2. The maximum absolute atomic E-state index is 12.9. The number of aliphatic carboxylic acids is 1. The Kier molecular flexibility index (Phi) is 7.14. The molecule has 1 fully saturated rings. The Labute approximate surface area is 198 Å². The molecule has 2 aliphatic rings. The van der Waals surface area contributed by atoms with Crippen LogP contribution in [0.5, 0.6) is 0 Å². The van der Waals surface area contributed by atoms with Crippen molar-refractivity contribution in [2.24, 2.45) is 0 Å². The summed E-state index contributed by atoms with van der Waals surface area (Å²) in [5, 5.41) is 12.0. The topological polar surface area (TPSA) is 108 Å². The van der Waals surface area contributed by atoms with E-state index in [0.29, 0.717) is 13.1 Å². The van der Waals surface area contributed by atoms with Crippen LogP contribution in [-0.4, -0.2) is 92.0 Å². The van der Waals surface area contributed by atoms with E-state index < -0.39 is 24.2 Å². The van der Waals surface area contributed by atoms with Gasteiger partial charge in [0, 0.05) is 32.7 Å². The van der Waals surface area contributed by atoms with Crippen molar-refractivity contribution in [3.05, 3.63) is 59.7 Å². The summed E-state index contributed by atoms with van der Waals surface area (Å²) in [5.74, 6) is -1.40. The van der Waals surface area contributed by atoms with Crippen LogP contribution in [0, 0.1) is 0 Å². The monoisotopic (exact) mass is 467 g/mol. The van der Waals surface area contributed by atoms with Gasteiger partial charge in [0.15, 0.2) is 6.10 Å². The molecule has 2 N–H and O–H groups in total. The molecule has 2 unspecified atom stereocenters. The molecule has 180 valence electrons. The zero-order valence-corrected chi connectivity index (χ0v) is 19.3. The van der Waals surface area contributed by atoms with E-state index >= 15 is 0 Å². The third-order valence-electron chi connectivity index (χ3n) is 6.58. The van der Waals surface area contributed by atoms with Crippen molar-refractivity contribution in [3.63, 3.8) is 0 Å². The predicted molar refractivity (Wildman–Crippen MR) is 125 cm³/mol. The van der Waals surface area contributed by atoms with Gasteiger partial charge in [0.25, 0.3) is 5.91 Å².